The lowest BCUT2D eigenvalue weighted by molar-refractivity contribution is -0.190. The molecular formula is C24H30O8. The average Bonchev–Trinajstić information content (AvgIpc) is 3.28. The molecule has 0 bridgehead atoms. The van der Waals surface area contributed by atoms with Crippen LogP contribution in [0.1, 0.15) is 58.8 Å². The Labute approximate surface area is 186 Å². The lowest BCUT2D eigenvalue weighted by atomic mass is 9.41. The lowest BCUT2D eigenvalue weighted by Crippen LogP contribution is -2.69. The van der Waals surface area contributed by atoms with Gasteiger partial charge in [-0.1, -0.05) is 13.8 Å². The van der Waals surface area contributed by atoms with Crippen LogP contribution in [0.4, 0.5) is 0 Å². The van der Waals surface area contributed by atoms with Gasteiger partial charge in [0.05, 0.1) is 19.3 Å². The van der Waals surface area contributed by atoms with Crippen LogP contribution in [-0.2, 0) is 33.4 Å². The molecule has 8 heteroatoms. The normalized spacial score (nSPS) is 55.6. The Balaban J connectivity index is 1.53. The van der Waals surface area contributed by atoms with Crippen molar-refractivity contribution in [3.05, 3.63) is 0 Å². The zero-order valence-electron chi connectivity index (χ0n) is 18.7. The summed E-state index contributed by atoms with van der Waals surface area (Å²) in [5, 5.41) is 11.4. The second-order valence-electron chi connectivity index (χ2n) is 11.4. The highest BCUT2D eigenvalue weighted by molar-refractivity contribution is 6.04. The Morgan fingerprint density at radius 2 is 1.81 bits per heavy atom. The summed E-state index contributed by atoms with van der Waals surface area (Å²) in [4.78, 5) is 51.3. The van der Waals surface area contributed by atoms with E-state index in [2.05, 4.69) is 0 Å². The van der Waals surface area contributed by atoms with E-state index in [9.17, 15) is 24.3 Å². The number of ketones is 2. The SMILES string of the molecule is COC(=O)C1C(=O)C2CC(=O)CC[C@]2(C)[C@@]23O[C@@H]2C[C@@]2(C)C(C13)[C@@H](O)C[C@@]21CCC(=O)O1. The van der Waals surface area contributed by atoms with E-state index in [1.54, 1.807) is 0 Å². The lowest BCUT2D eigenvalue weighted by Gasteiger charge is -2.59. The van der Waals surface area contributed by atoms with Crippen molar-refractivity contribution in [2.45, 2.75) is 82.2 Å². The van der Waals surface area contributed by atoms with Gasteiger partial charge in [0.15, 0.2) is 5.78 Å². The van der Waals surface area contributed by atoms with E-state index in [0.29, 0.717) is 38.5 Å². The van der Waals surface area contributed by atoms with Crippen molar-refractivity contribution in [2.75, 3.05) is 7.11 Å². The molecule has 2 heterocycles. The van der Waals surface area contributed by atoms with Gasteiger partial charge in [0.1, 0.15) is 22.9 Å². The minimum Gasteiger partial charge on any atom is -0.468 e. The van der Waals surface area contributed by atoms with Crippen molar-refractivity contribution < 1.29 is 38.5 Å². The number of carbonyl (C=O) groups is 4. The molecule has 10 atom stereocenters. The van der Waals surface area contributed by atoms with Crippen molar-refractivity contribution in [2.24, 2.45) is 34.5 Å². The number of esters is 2. The summed E-state index contributed by atoms with van der Waals surface area (Å²) in [5.74, 6) is -3.84. The number of hydrogen-bond donors (Lipinski definition) is 1. The molecule has 0 radical (unpaired) electrons. The van der Waals surface area contributed by atoms with Crippen molar-refractivity contribution in [1.82, 2.24) is 0 Å². The standard InChI is InChI=1S/C24H30O8/c1-21-6-4-11(25)8-12(21)19(28)16(20(29)30-3)18-17-13(26)9-23(7-5-15(27)32-23)22(17,2)10-14-24(18,21)31-14/h12-14,16-18,26H,4-10H2,1-3H3/t12?,13-,14+,16?,17?,18?,21-,22-,23-,24+/m0/s1. The number of carbonyl (C=O) groups excluding carboxylic acids is 4. The number of aliphatic hydroxyl groups is 1. The molecule has 4 saturated carbocycles. The number of fused-ring (bicyclic) bond motifs is 4. The quantitative estimate of drug-likeness (QED) is 0.364. The van der Waals surface area contributed by atoms with Crippen LogP contribution in [0.15, 0.2) is 0 Å². The predicted molar refractivity (Wildman–Crippen MR) is 107 cm³/mol. The Hall–Kier alpha value is -1.80. The smallest absolute Gasteiger partial charge is 0.316 e. The van der Waals surface area contributed by atoms with Gasteiger partial charge in [-0.25, -0.2) is 0 Å². The zero-order chi connectivity index (χ0) is 22.8. The van der Waals surface area contributed by atoms with Gasteiger partial charge < -0.3 is 19.3 Å². The number of hydrogen-bond acceptors (Lipinski definition) is 8. The maximum atomic E-state index is 13.8. The van der Waals surface area contributed by atoms with E-state index in [0.717, 1.165) is 0 Å². The molecule has 32 heavy (non-hydrogen) atoms. The summed E-state index contributed by atoms with van der Waals surface area (Å²) in [6, 6.07) is 0. The summed E-state index contributed by atoms with van der Waals surface area (Å²) in [7, 11) is 1.26. The van der Waals surface area contributed by atoms with Crippen LogP contribution in [0.5, 0.6) is 0 Å². The third kappa shape index (κ3) is 2.08. The average molecular weight is 446 g/mol. The Kier molecular flexibility index (Phi) is 3.90. The molecule has 8 nitrogen and oxygen atoms in total. The third-order valence-electron chi connectivity index (χ3n) is 10.5. The van der Waals surface area contributed by atoms with Crippen LogP contribution in [0.2, 0.25) is 0 Å². The molecule has 0 aromatic carbocycles. The first-order valence-corrected chi connectivity index (χ1v) is 11.8. The minimum atomic E-state index is -1.10. The van der Waals surface area contributed by atoms with Gasteiger partial charge in [0.25, 0.3) is 0 Å². The molecule has 4 unspecified atom stereocenters. The molecule has 0 aromatic rings. The molecule has 4 aliphatic carbocycles. The van der Waals surface area contributed by atoms with Crippen LogP contribution in [0.25, 0.3) is 0 Å². The molecule has 2 spiro atoms. The monoisotopic (exact) mass is 446 g/mol. The molecule has 6 rings (SSSR count). The van der Waals surface area contributed by atoms with Gasteiger partial charge in [-0.2, -0.15) is 0 Å². The van der Waals surface area contributed by atoms with E-state index < -0.39 is 57.8 Å². The van der Waals surface area contributed by atoms with Crippen LogP contribution in [0.3, 0.4) is 0 Å². The number of rotatable bonds is 1. The van der Waals surface area contributed by atoms with Gasteiger partial charge in [0.2, 0.25) is 0 Å². The Morgan fingerprint density at radius 1 is 1.06 bits per heavy atom. The summed E-state index contributed by atoms with van der Waals surface area (Å²) < 4.78 is 17.5. The molecule has 0 aromatic heterocycles. The van der Waals surface area contributed by atoms with Crippen LogP contribution in [0, 0.1) is 34.5 Å². The fourth-order valence-corrected chi connectivity index (χ4v) is 9.03. The number of Topliss-reactive ketones (excluding diaryl/α,β-unsaturated/α-hetero) is 2. The first-order valence-electron chi connectivity index (χ1n) is 11.8. The fourth-order valence-electron chi connectivity index (χ4n) is 9.03. The first-order chi connectivity index (χ1) is 15.0. The second-order valence-corrected chi connectivity index (χ2v) is 11.4. The van der Waals surface area contributed by atoms with Crippen molar-refractivity contribution in [3.8, 4) is 0 Å². The van der Waals surface area contributed by atoms with E-state index >= 15 is 0 Å². The molecule has 0 amide bonds. The second kappa shape index (κ2) is 6.00. The van der Waals surface area contributed by atoms with Crippen LogP contribution >= 0.6 is 0 Å². The molecule has 1 N–H and O–H groups in total. The molecule has 6 fully saturated rings. The highest BCUT2D eigenvalue weighted by Crippen LogP contribution is 2.78. The van der Waals surface area contributed by atoms with Gasteiger partial charge >= 0.3 is 11.9 Å². The molecule has 174 valence electrons. The van der Waals surface area contributed by atoms with Gasteiger partial charge in [0, 0.05) is 54.3 Å². The minimum absolute atomic E-state index is 0.0369. The van der Waals surface area contributed by atoms with Crippen molar-refractivity contribution in [3.63, 3.8) is 0 Å². The fraction of sp³-hybridized carbons (Fsp3) is 0.833. The Bertz CT molecular complexity index is 960. The Morgan fingerprint density at radius 3 is 2.47 bits per heavy atom. The van der Waals surface area contributed by atoms with E-state index in [4.69, 9.17) is 14.2 Å². The molecule has 2 saturated heterocycles. The summed E-state index contributed by atoms with van der Waals surface area (Å²) >= 11 is 0. The van der Waals surface area contributed by atoms with Crippen molar-refractivity contribution in [1.29, 1.82) is 0 Å². The van der Waals surface area contributed by atoms with Crippen LogP contribution in [-0.4, -0.2) is 59.1 Å². The maximum absolute atomic E-state index is 13.8. The predicted octanol–water partition coefficient (Wildman–Crippen LogP) is 1.35. The number of methoxy groups -OCH3 is 1. The van der Waals surface area contributed by atoms with Gasteiger partial charge in [-0.3, -0.25) is 19.2 Å². The zero-order valence-corrected chi connectivity index (χ0v) is 18.7. The van der Waals surface area contributed by atoms with E-state index in [1.807, 2.05) is 13.8 Å². The van der Waals surface area contributed by atoms with E-state index in [1.165, 1.54) is 7.11 Å². The molecule has 2 aliphatic heterocycles. The highest BCUT2D eigenvalue weighted by Gasteiger charge is 2.86. The number of aliphatic hydroxyl groups excluding tert-OH is 1. The topological polar surface area (TPSA) is 120 Å². The maximum Gasteiger partial charge on any atom is 0.316 e. The van der Waals surface area contributed by atoms with Gasteiger partial charge in [-0.05, 0) is 19.3 Å². The summed E-state index contributed by atoms with van der Waals surface area (Å²) in [6.07, 6.45) is 1.73. The largest absolute Gasteiger partial charge is 0.468 e. The number of ether oxygens (including phenoxy) is 3. The number of epoxide rings is 1. The van der Waals surface area contributed by atoms with Crippen LogP contribution < -0.4 is 0 Å². The van der Waals surface area contributed by atoms with E-state index in [-0.39, 0.29) is 30.1 Å². The molecular weight excluding hydrogens is 416 g/mol. The first kappa shape index (κ1) is 20.8. The third-order valence-corrected chi connectivity index (χ3v) is 10.5. The van der Waals surface area contributed by atoms with Gasteiger partial charge in [-0.15, -0.1) is 0 Å². The summed E-state index contributed by atoms with van der Waals surface area (Å²) in [6.45, 7) is 4.05. The molecule has 6 aliphatic rings. The van der Waals surface area contributed by atoms with Crippen molar-refractivity contribution >= 4 is 23.5 Å². The summed E-state index contributed by atoms with van der Waals surface area (Å²) in [5.41, 5.74) is -2.77. The highest BCUT2D eigenvalue weighted by atomic mass is 16.6.